The maximum absolute atomic E-state index is 12.1. The van der Waals surface area contributed by atoms with Crippen LogP contribution in [0.15, 0.2) is 12.1 Å². The van der Waals surface area contributed by atoms with Crippen molar-refractivity contribution in [2.24, 2.45) is 5.84 Å². The second-order valence-electron chi connectivity index (χ2n) is 4.60. The maximum Gasteiger partial charge on any atom is 0.251 e. The molecular weight excluding hydrogens is 256 g/mol. The van der Waals surface area contributed by atoms with Crippen molar-refractivity contribution in [2.45, 2.75) is 39.7 Å². The number of aromatic nitrogens is 1. The first-order chi connectivity index (χ1) is 9.60. The molecule has 1 aromatic rings. The van der Waals surface area contributed by atoms with Gasteiger partial charge >= 0.3 is 0 Å². The molecule has 0 saturated heterocycles. The molecule has 0 fully saturated rings. The summed E-state index contributed by atoms with van der Waals surface area (Å²) in [7, 11) is 0. The number of hydrogen-bond acceptors (Lipinski definition) is 5. The van der Waals surface area contributed by atoms with Crippen molar-refractivity contribution in [3.05, 3.63) is 23.4 Å². The SMILES string of the molecule is CCCc1cc(C(=O)NCC(C)OCC)cc(NN)n1. The number of nitrogens with two attached hydrogens (primary N) is 1. The lowest BCUT2D eigenvalue weighted by atomic mass is 10.1. The van der Waals surface area contributed by atoms with Crippen LogP contribution in [0.5, 0.6) is 0 Å². The van der Waals surface area contributed by atoms with Gasteiger partial charge in [-0.2, -0.15) is 0 Å². The van der Waals surface area contributed by atoms with E-state index in [0.29, 0.717) is 24.5 Å². The van der Waals surface area contributed by atoms with E-state index >= 15 is 0 Å². The number of pyridine rings is 1. The predicted molar refractivity (Wildman–Crippen MR) is 79.5 cm³/mol. The summed E-state index contributed by atoms with van der Waals surface area (Å²) < 4.78 is 5.38. The molecule has 0 radical (unpaired) electrons. The molecule has 1 atom stereocenters. The van der Waals surface area contributed by atoms with Crippen LogP contribution < -0.4 is 16.6 Å². The monoisotopic (exact) mass is 280 g/mol. The molecule has 0 aromatic carbocycles. The lowest BCUT2D eigenvalue weighted by Gasteiger charge is -2.13. The Kier molecular flexibility index (Phi) is 6.97. The van der Waals surface area contributed by atoms with Crippen molar-refractivity contribution >= 4 is 11.7 Å². The van der Waals surface area contributed by atoms with Crippen LogP contribution in [0.25, 0.3) is 0 Å². The zero-order valence-corrected chi connectivity index (χ0v) is 12.4. The Morgan fingerprint density at radius 3 is 2.80 bits per heavy atom. The van der Waals surface area contributed by atoms with E-state index in [-0.39, 0.29) is 12.0 Å². The number of carbonyl (C=O) groups excluding carboxylic acids is 1. The number of nitrogens with zero attached hydrogens (tertiary/aromatic N) is 1. The molecule has 0 spiro atoms. The van der Waals surface area contributed by atoms with Crippen molar-refractivity contribution in [3.63, 3.8) is 0 Å². The molecule has 1 heterocycles. The molecule has 1 amide bonds. The average Bonchev–Trinajstić information content (AvgIpc) is 2.45. The van der Waals surface area contributed by atoms with Gasteiger partial charge in [-0.25, -0.2) is 10.8 Å². The second kappa shape index (κ2) is 8.50. The van der Waals surface area contributed by atoms with Crippen molar-refractivity contribution in [1.29, 1.82) is 0 Å². The largest absolute Gasteiger partial charge is 0.377 e. The van der Waals surface area contributed by atoms with Crippen molar-refractivity contribution in [2.75, 3.05) is 18.6 Å². The Balaban J connectivity index is 2.73. The Bertz CT molecular complexity index is 437. The third-order valence-electron chi connectivity index (χ3n) is 2.80. The molecule has 6 nitrogen and oxygen atoms in total. The van der Waals surface area contributed by atoms with Crippen molar-refractivity contribution in [1.82, 2.24) is 10.3 Å². The molecular formula is C14H24N4O2. The Morgan fingerprint density at radius 1 is 1.45 bits per heavy atom. The van der Waals surface area contributed by atoms with E-state index in [1.807, 2.05) is 13.8 Å². The minimum atomic E-state index is -0.146. The third kappa shape index (κ3) is 5.14. The van der Waals surface area contributed by atoms with Gasteiger partial charge in [0.15, 0.2) is 0 Å². The summed E-state index contributed by atoms with van der Waals surface area (Å²) in [6.07, 6.45) is 1.77. The quantitative estimate of drug-likeness (QED) is 0.496. The van der Waals surface area contributed by atoms with Crippen LogP contribution in [0, 0.1) is 0 Å². The molecule has 0 aliphatic carbocycles. The highest BCUT2D eigenvalue weighted by atomic mass is 16.5. The molecule has 112 valence electrons. The molecule has 0 aliphatic rings. The first-order valence-electron chi connectivity index (χ1n) is 6.98. The fourth-order valence-corrected chi connectivity index (χ4v) is 1.86. The molecule has 0 aliphatic heterocycles. The lowest BCUT2D eigenvalue weighted by molar-refractivity contribution is 0.0695. The molecule has 20 heavy (non-hydrogen) atoms. The highest BCUT2D eigenvalue weighted by Crippen LogP contribution is 2.11. The van der Waals surface area contributed by atoms with E-state index in [1.165, 1.54) is 0 Å². The molecule has 1 unspecified atom stereocenters. The summed E-state index contributed by atoms with van der Waals surface area (Å²) in [4.78, 5) is 16.4. The van der Waals surface area contributed by atoms with Gasteiger partial charge in [0.05, 0.1) is 6.10 Å². The van der Waals surface area contributed by atoms with Gasteiger partial charge < -0.3 is 15.5 Å². The van der Waals surface area contributed by atoms with Gasteiger partial charge in [0.2, 0.25) is 0 Å². The smallest absolute Gasteiger partial charge is 0.251 e. The van der Waals surface area contributed by atoms with E-state index in [9.17, 15) is 4.79 Å². The number of hydrazine groups is 1. The number of aryl methyl sites for hydroxylation is 1. The third-order valence-corrected chi connectivity index (χ3v) is 2.80. The summed E-state index contributed by atoms with van der Waals surface area (Å²) in [5, 5.41) is 2.84. The van der Waals surface area contributed by atoms with E-state index in [0.717, 1.165) is 18.5 Å². The Hall–Kier alpha value is -1.66. The lowest BCUT2D eigenvalue weighted by Crippen LogP contribution is -2.32. The fourth-order valence-electron chi connectivity index (χ4n) is 1.86. The number of rotatable bonds is 8. The van der Waals surface area contributed by atoms with Crippen LogP contribution in [0.4, 0.5) is 5.82 Å². The van der Waals surface area contributed by atoms with Gasteiger partial charge in [-0.05, 0) is 32.4 Å². The minimum absolute atomic E-state index is 0.00648. The molecule has 0 bridgehead atoms. The van der Waals surface area contributed by atoms with Crippen LogP contribution in [-0.4, -0.2) is 30.1 Å². The number of ether oxygens (including phenoxy) is 1. The molecule has 6 heteroatoms. The first kappa shape index (κ1) is 16.4. The topological polar surface area (TPSA) is 89.3 Å². The van der Waals surface area contributed by atoms with E-state index in [4.69, 9.17) is 10.6 Å². The van der Waals surface area contributed by atoms with Gasteiger partial charge in [0, 0.05) is 24.4 Å². The standard InChI is InChI=1S/C14H24N4O2/c1-4-6-12-7-11(8-13(17-12)18-15)14(19)16-9-10(3)20-5-2/h7-8,10H,4-6,9,15H2,1-3H3,(H,16,19)(H,17,18). The van der Waals surface area contributed by atoms with Crippen LogP contribution in [0.2, 0.25) is 0 Å². The minimum Gasteiger partial charge on any atom is -0.377 e. The summed E-state index contributed by atoms with van der Waals surface area (Å²) in [5.74, 6) is 5.73. The number of hydrogen-bond donors (Lipinski definition) is 3. The normalized spacial score (nSPS) is 12.0. The summed E-state index contributed by atoms with van der Waals surface area (Å²) in [6.45, 7) is 7.02. The molecule has 0 saturated carbocycles. The first-order valence-corrected chi connectivity index (χ1v) is 6.98. The fraction of sp³-hybridized carbons (Fsp3) is 0.571. The predicted octanol–water partition coefficient (Wildman–Crippen LogP) is 1.47. The molecule has 1 rings (SSSR count). The van der Waals surface area contributed by atoms with Gasteiger partial charge in [-0.15, -0.1) is 0 Å². The Labute approximate surface area is 120 Å². The number of carbonyl (C=O) groups is 1. The van der Waals surface area contributed by atoms with E-state index < -0.39 is 0 Å². The van der Waals surface area contributed by atoms with Crippen molar-refractivity contribution < 1.29 is 9.53 Å². The average molecular weight is 280 g/mol. The van der Waals surface area contributed by atoms with Gasteiger partial charge in [-0.1, -0.05) is 13.3 Å². The van der Waals surface area contributed by atoms with E-state index in [1.54, 1.807) is 12.1 Å². The summed E-state index contributed by atoms with van der Waals surface area (Å²) >= 11 is 0. The number of amides is 1. The zero-order valence-electron chi connectivity index (χ0n) is 12.4. The number of anilines is 1. The van der Waals surface area contributed by atoms with Gasteiger partial charge in [0.1, 0.15) is 5.82 Å². The van der Waals surface area contributed by atoms with Crippen LogP contribution in [-0.2, 0) is 11.2 Å². The summed E-state index contributed by atoms with van der Waals surface area (Å²) in [6, 6.07) is 3.44. The molecule has 1 aromatic heterocycles. The van der Waals surface area contributed by atoms with Crippen molar-refractivity contribution in [3.8, 4) is 0 Å². The highest BCUT2D eigenvalue weighted by molar-refractivity contribution is 5.95. The van der Waals surface area contributed by atoms with Gasteiger partial charge in [-0.3, -0.25) is 4.79 Å². The summed E-state index contributed by atoms with van der Waals surface area (Å²) in [5.41, 5.74) is 3.90. The number of nitrogen functional groups attached to an aromatic ring is 1. The maximum atomic E-state index is 12.1. The van der Waals surface area contributed by atoms with Crippen LogP contribution >= 0.6 is 0 Å². The second-order valence-corrected chi connectivity index (χ2v) is 4.60. The number of nitrogens with one attached hydrogen (secondary N) is 2. The van der Waals surface area contributed by atoms with Gasteiger partial charge in [0.25, 0.3) is 5.91 Å². The van der Waals surface area contributed by atoms with E-state index in [2.05, 4.69) is 22.7 Å². The van der Waals surface area contributed by atoms with Crippen LogP contribution in [0.1, 0.15) is 43.2 Å². The Morgan fingerprint density at radius 2 is 2.20 bits per heavy atom. The highest BCUT2D eigenvalue weighted by Gasteiger charge is 2.11. The van der Waals surface area contributed by atoms with Crippen LogP contribution in [0.3, 0.4) is 0 Å². The zero-order chi connectivity index (χ0) is 15.0. The molecule has 4 N–H and O–H groups in total.